The predicted octanol–water partition coefficient (Wildman–Crippen LogP) is 4.77. The minimum Gasteiger partial charge on any atom is -0.496 e. The summed E-state index contributed by atoms with van der Waals surface area (Å²) in [5.41, 5.74) is 3.15. The Morgan fingerprint density at radius 1 is 0.962 bits per heavy atom. The third-order valence-electron chi connectivity index (χ3n) is 4.43. The summed E-state index contributed by atoms with van der Waals surface area (Å²) in [5.74, 6) is 1.70. The van der Waals surface area contributed by atoms with Gasteiger partial charge in [0.1, 0.15) is 11.5 Å². The number of ether oxygens (including phenoxy) is 2. The molecule has 0 aromatic heterocycles. The van der Waals surface area contributed by atoms with E-state index in [-0.39, 0.29) is 11.9 Å². The van der Waals surface area contributed by atoms with Gasteiger partial charge in [-0.1, -0.05) is 44.2 Å². The molecular weight excluding hydrogens is 326 g/mol. The summed E-state index contributed by atoms with van der Waals surface area (Å²) in [6, 6.07) is 13.6. The second-order valence-electron chi connectivity index (χ2n) is 6.93. The van der Waals surface area contributed by atoms with E-state index < -0.39 is 6.10 Å². The van der Waals surface area contributed by atoms with E-state index >= 15 is 0 Å². The van der Waals surface area contributed by atoms with E-state index in [4.69, 9.17) is 9.47 Å². The van der Waals surface area contributed by atoms with Gasteiger partial charge in [-0.25, -0.2) is 0 Å². The Morgan fingerprint density at radius 3 is 2.31 bits per heavy atom. The number of carbonyl (C=O) groups excluding carboxylic acids is 1. The molecule has 0 spiro atoms. The average Bonchev–Trinajstić information content (AvgIpc) is 2.61. The first-order chi connectivity index (χ1) is 12.3. The summed E-state index contributed by atoms with van der Waals surface area (Å²) in [4.78, 5) is 12.6. The Morgan fingerprint density at radius 2 is 1.65 bits per heavy atom. The van der Waals surface area contributed by atoms with E-state index in [1.165, 1.54) is 0 Å². The summed E-state index contributed by atoms with van der Waals surface area (Å²) < 4.78 is 11.4. The fraction of sp³-hybridized carbons (Fsp3) is 0.409. The van der Waals surface area contributed by atoms with Gasteiger partial charge >= 0.3 is 0 Å². The molecule has 0 aliphatic carbocycles. The van der Waals surface area contributed by atoms with Gasteiger partial charge in [0, 0.05) is 5.56 Å². The van der Waals surface area contributed by atoms with Gasteiger partial charge in [0.2, 0.25) is 0 Å². The molecule has 1 amide bonds. The molecule has 2 aromatic carbocycles. The van der Waals surface area contributed by atoms with Gasteiger partial charge in [-0.05, 0) is 49.9 Å². The number of para-hydroxylation sites is 1. The molecule has 0 bridgehead atoms. The first-order valence-corrected chi connectivity index (χ1v) is 9.04. The molecular formula is C22H29NO3. The number of hydrogen-bond acceptors (Lipinski definition) is 3. The highest BCUT2D eigenvalue weighted by Crippen LogP contribution is 2.29. The maximum Gasteiger partial charge on any atom is 0.261 e. The summed E-state index contributed by atoms with van der Waals surface area (Å²) in [5, 5.41) is 3.01. The minimum absolute atomic E-state index is 0.153. The lowest BCUT2D eigenvalue weighted by Crippen LogP contribution is -2.38. The van der Waals surface area contributed by atoms with Crippen LogP contribution in [0.5, 0.6) is 11.5 Å². The number of hydrogen-bond donors (Lipinski definition) is 1. The molecule has 26 heavy (non-hydrogen) atoms. The van der Waals surface area contributed by atoms with Crippen molar-refractivity contribution in [3.8, 4) is 11.5 Å². The maximum atomic E-state index is 12.6. The monoisotopic (exact) mass is 355 g/mol. The summed E-state index contributed by atoms with van der Waals surface area (Å²) in [7, 11) is 1.63. The van der Waals surface area contributed by atoms with Crippen LogP contribution < -0.4 is 14.8 Å². The lowest BCUT2D eigenvalue weighted by Gasteiger charge is -2.22. The van der Waals surface area contributed by atoms with Crippen LogP contribution in [0.2, 0.25) is 0 Å². The van der Waals surface area contributed by atoms with E-state index in [0.717, 1.165) is 28.2 Å². The maximum absolute atomic E-state index is 12.6. The van der Waals surface area contributed by atoms with Crippen LogP contribution in [-0.4, -0.2) is 19.1 Å². The van der Waals surface area contributed by atoms with Crippen molar-refractivity contribution < 1.29 is 14.3 Å². The molecule has 0 saturated heterocycles. The molecule has 140 valence electrons. The topological polar surface area (TPSA) is 47.6 Å². The molecule has 2 rings (SSSR count). The van der Waals surface area contributed by atoms with Crippen molar-refractivity contribution in [3.63, 3.8) is 0 Å². The van der Waals surface area contributed by atoms with Crippen molar-refractivity contribution in [2.45, 2.75) is 52.7 Å². The molecule has 0 radical (unpaired) electrons. The fourth-order valence-corrected chi connectivity index (χ4v) is 2.90. The number of carbonyl (C=O) groups is 1. The molecule has 1 N–H and O–H groups in total. The zero-order valence-electron chi connectivity index (χ0n) is 16.5. The number of rotatable bonds is 7. The van der Waals surface area contributed by atoms with Gasteiger partial charge in [0.15, 0.2) is 6.10 Å². The number of aryl methyl sites for hydroxylation is 1. The summed E-state index contributed by atoms with van der Waals surface area (Å²) >= 11 is 0. The van der Waals surface area contributed by atoms with Gasteiger partial charge < -0.3 is 14.8 Å². The molecule has 4 heteroatoms. The number of amides is 1. The number of nitrogens with one attached hydrogen (secondary N) is 1. The van der Waals surface area contributed by atoms with Gasteiger partial charge in [-0.2, -0.15) is 0 Å². The van der Waals surface area contributed by atoms with Crippen LogP contribution in [0.4, 0.5) is 0 Å². The number of methoxy groups -OCH3 is 1. The Bertz CT molecular complexity index is 755. The van der Waals surface area contributed by atoms with Crippen LogP contribution in [0.15, 0.2) is 42.5 Å². The number of benzene rings is 2. The largest absolute Gasteiger partial charge is 0.496 e. The molecule has 0 heterocycles. The van der Waals surface area contributed by atoms with E-state index in [1.54, 1.807) is 14.0 Å². The molecule has 2 aromatic rings. The average molecular weight is 355 g/mol. The minimum atomic E-state index is -0.591. The van der Waals surface area contributed by atoms with Crippen LogP contribution in [0.25, 0.3) is 0 Å². The summed E-state index contributed by atoms with van der Waals surface area (Å²) in [6.07, 6.45) is -0.591. The van der Waals surface area contributed by atoms with Crippen molar-refractivity contribution in [1.82, 2.24) is 5.32 Å². The molecule has 0 fully saturated rings. The first kappa shape index (κ1) is 19.8. The lowest BCUT2D eigenvalue weighted by atomic mass is 10.0. The third-order valence-corrected chi connectivity index (χ3v) is 4.43. The molecule has 0 aliphatic rings. The molecule has 4 nitrogen and oxygen atoms in total. The molecule has 0 aliphatic heterocycles. The van der Waals surface area contributed by atoms with E-state index in [0.29, 0.717) is 5.92 Å². The molecule has 0 unspecified atom stereocenters. The Hall–Kier alpha value is -2.49. The third kappa shape index (κ3) is 4.78. The van der Waals surface area contributed by atoms with Crippen molar-refractivity contribution in [2.24, 2.45) is 0 Å². The van der Waals surface area contributed by atoms with Crippen molar-refractivity contribution >= 4 is 5.91 Å². The Balaban J connectivity index is 2.10. The van der Waals surface area contributed by atoms with Crippen molar-refractivity contribution in [2.75, 3.05) is 7.11 Å². The second-order valence-corrected chi connectivity index (χ2v) is 6.93. The highest BCUT2D eigenvalue weighted by molar-refractivity contribution is 5.81. The highest BCUT2D eigenvalue weighted by Gasteiger charge is 2.21. The smallest absolute Gasteiger partial charge is 0.261 e. The van der Waals surface area contributed by atoms with E-state index in [9.17, 15) is 4.79 Å². The Labute approximate surface area is 156 Å². The zero-order valence-corrected chi connectivity index (χ0v) is 16.5. The van der Waals surface area contributed by atoms with Crippen LogP contribution in [0.1, 0.15) is 56.3 Å². The van der Waals surface area contributed by atoms with Crippen LogP contribution >= 0.6 is 0 Å². The van der Waals surface area contributed by atoms with Gasteiger partial charge in [0.25, 0.3) is 5.91 Å². The normalized spacial score (nSPS) is 13.2. The zero-order chi connectivity index (χ0) is 19.3. The van der Waals surface area contributed by atoms with Gasteiger partial charge in [-0.15, -0.1) is 0 Å². The van der Waals surface area contributed by atoms with E-state index in [1.807, 2.05) is 44.2 Å². The summed E-state index contributed by atoms with van der Waals surface area (Å²) in [6.45, 7) is 9.97. The fourth-order valence-electron chi connectivity index (χ4n) is 2.90. The van der Waals surface area contributed by atoms with Gasteiger partial charge in [0.05, 0.1) is 13.2 Å². The quantitative estimate of drug-likeness (QED) is 0.778. The SMILES string of the molecule is COc1ccccc1[C@H](C)NC(=O)[C@H](C)Oc1cc(C)ccc1C(C)C. The Kier molecular flexibility index (Phi) is 6.67. The highest BCUT2D eigenvalue weighted by atomic mass is 16.5. The van der Waals surface area contributed by atoms with Crippen LogP contribution in [-0.2, 0) is 4.79 Å². The standard InChI is InChI=1S/C22H29NO3/c1-14(2)18-12-11-15(3)13-21(18)26-17(5)22(24)23-16(4)19-9-7-8-10-20(19)25-6/h7-14,16-17H,1-6H3,(H,23,24)/t16-,17-/m0/s1. The predicted molar refractivity (Wildman–Crippen MR) is 105 cm³/mol. The first-order valence-electron chi connectivity index (χ1n) is 9.04. The van der Waals surface area contributed by atoms with Gasteiger partial charge in [-0.3, -0.25) is 4.79 Å². The lowest BCUT2D eigenvalue weighted by molar-refractivity contribution is -0.127. The van der Waals surface area contributed by atoms with Crippen LogP contribution in [0, 0.1) is 6.92 Å². The van der Waals surface area contributed by atoms with Crippen molar-refractivity contribution in [3.05, 3.63) is 59.2 Å². The second kappa shape index (κ2) is 8.75. The molecule has 0 saturated carbocycles. The van der Waals surface area contributed by atoms with Crippen LogP contribution in [0.3, 0.4) is 0 Å². The molecule has 2 atom stereocenters. The van der Waals surface area contributed by atoms with Crippen molar-refractivity contribution in [1.29, 1.82) is 0 Å². The van der Waals surface area contributed by atoms with E-state index in [2.05, 4.69) is 31.3 Å².